The van der Waals surface area contributed by atoms with Crippen molar-refractivity contribution in [1.29, 1.82) is 0 Å². The number of thioether (sulfide) groups is 1. The van der Waals surface area contributed by atoms with Crippen molar-refractivity contribution in [3.63, 3.8) is 0 Å². The maximum Gasteiger partial charge on any atom is 0.216 e. The lowest BCUT2D eigenvalue weighted by atomic mass is 10.1. The van der Waals surface area contributed by atoms with Gasteiger partial charge in [-0.25, -0.2) is 0 Å². The second kappa shape index (κ2) is 6.51. The minimum atomic E-state index is 0.0477. The Hall–Kier alpha value is -0.960. The van der Waals surface area contributed by atoms with Crippen LogP contribution in [0.4, 0.5) is 0 Å². The first kappa shape index (κ1) is 12.1. The highest BCUT2D eigenvalue weighted by Crippen LogP contribution is 2.14. The van der Waals surface area contributed by atoms with Crippen LogP contribution in [0.5, 0.6) is 0 Å². The van der Waals surface area contributed by atoms with Crippen molar-refractivity contribution in [3.8, 4) is 0 Å². The average Bonchev–Trinajstić information content (AvgIpc) is 2.20. The van der Waals surface area contributed by atoms with E-state index in [1.165, 1.54) is 11.1 Å². The molecule has 82 valence electrons. The van der Waals surface area contributed by atoms with Crippen molar-refractivity contribution in [2.45, 2.75) is 19.6 Å². The average molecular weight is 223 g/mol. The highest BCUT2D eigenvalue weighted by atomic mass is 32.2. The van der Waals surface area contributed by atoms with Gasteiger partial charge in [0.1, 0.15) is 0 Å². The molecule has 0 atom stereocenters. The van der Waals surface area contributed by atoms with E-state index in [1.807, 2.05) is 11.8 Å². The first-order valence-corrected chi connectivity index (χ1v) is 6.22. The van der Waals surface area contributed by atoms with Crippen LogP contribution in [0.2, 0.25) is 0 Å². The molecule has 0 saturated carbocycles. The van der Waals surface area contributed by atoms with Crippen LogP contribution in [0.15, 0.2) is 24.3 Å². The van der Waals surface area contributed by atoms with Crippen LogP contribution in [-0.4, -0.2) is 18.2 Å². The fraction of sp³-hybridized carbons (Fsp3) is 0.417. The van der Waals surface area contributed by atoms with Gasteiger partial charge in [0, 0.05) is 25.0 Å². The SMILES string of the molecule is CC(=O)NCCSCc1ccccc1C. The summed E-state index contributed by atoms with van der Waals surface area (Å²) >= 11 is 1.85. The van der Waals surface area contributed by atoms with Crippen molar-refractivity contribution in [2.24, 2.45) is 0 Å². The molecule has 0 aliphatic rings. The Morgan fingerprint density at radius 3 is 2.80 bits per heavy atom. The fourth-order valence-electron chi connectivity index (χ4n) is 1.25. The monoisotopic (exact) mass is 223 g/mol. The van der Waals surface area contributed by atoms with E-state index in [4.69, 9.17) is 0 Å². The van der Waals surface area contributed by atoms with Crippen LogP contribution in [0, 0.1) is 6.92 Å². The molecule has 0 aliphatic carbocycles. The van der Waals surface area contributed by atoms with E-state index in [-0.39, 0.29) is 5.91 Å². The molecule has 0 unspecified atom stereocenters. The zero-order chi connectivity index (χ0) is 11.1. The molecular weight excluding hydrogens is 206 g/mol. The van der Waals surface area contributed by atoms with Gasteiger partial charge >= 0.3 is 0 Å². The third-order valence-corrected chi connectivity index (χ3v) is 3.15. The van der Waals surface area contributed by atoms with Crippen LogP contribution < -0.4 is 5.32 Å². The Morgan fingerprint density at radius 2 is 2.13 bits per heavy atom. The predicted octanol–water partition coefficient (Wildman–Crippen LogP) is 2.36. The maximum absolute atomic E-state index is 10.6. The van der Waals surface area contributed by atoms with E-state index < -0.39 is 0 Å². The zero-order valence-corrected chi connectivity index (χ0v) is 10.1. The highest BCUT2D eigenvalue weighted by Gasteiger charge is 1.97. The Morgan fingerprint density at radius 1 is 1.40 bits per heavy atom. The molecule has 1 aromatic carbocycles. The van der Waals surface area contributed by atoms with Gasteiger partial charge in [-0.15, -0.1) is 0 Å². The lowest BCUT2D eigenvalue weighted by Crippen LogP contribution is -2.22. The maximum atomic E-state index is 10.6. The summed E-state index contributed by atoms with van der Waals surface area (Å²) in [6.07, 6.45) is 0. The first-order valence-electron chi connectivity index (χ1n) is 5.07. The number of aryl methyl sites for hydroxylation is 1. The smallest absolute Gasteiger partial charge is 0.216 e. The summed E-state index contributed by atoms with van der Waals surface area (Å²) in [5, 5.41) is 2.79. The van der Waals surface area contributed by atoms with Gasteiger partial charge in [-0.05, 0) is 18.1 Å². The van der Waals surface area contributed by atoms with Crippen LogP contribution in [0.25, 0.3) is 0 Å². The first-order chi connectivity index (χ1) is 7.20. The molecule has 0 bridgehead atoms. The van der Waals surface area contributed by atoms with E-state index in [0.717, 1.165) is 18.1 Å². The minimum absolute atomic E-state index is 0.0477. The number of hydrogen-bond acceptors (Lipinski definition) is 2. The number of amides is 1. The van der Waals surface area contributed by atoms with Crippen molar-refractivity contribution in [3.05, 3.63) is 35.4 Å². The predicted molar refractivity (Wildman–Crippen MR) is 66.0 cm³/mol. The summed E-state index contributed by atoms with van der Waals surface area (Å²) in [7, 11) is 0. The largest absolute Gasteiger partial charge is 0.356 e. The molecule has 0 heterocycles. The molecule has 0 saturated heterocycles. The number of nitrogens with one attached hydrogen (secondary N) is 1. The molecule has 0 aromatic heterocycles. The van der Waals surface area contributed by atoms with Crippen molar-refractivity contribution < 1.29 is 4.79 Å². The quantitative estimate of drug-likeness (QED) is 0.776. The van der Waals surface area contributed by atoms with Gasteiger partial charge in [0.25, 0.3) is 0 Å². The number of carbonyl (C=O) groups excluding carboxylic acids is 1. The van der Waals surface area contributed by atoms with Gasteiger partial charge < -0.3 is 5.32 Å². The van der Waals surface area contributed by atoms with Gasteiger partial charge in [0.2, 0.25) is 5.91 Å². The second-order valence-corrected chi connectivity index (χ2v) is 4.57. The van der Waals surface area contributed by atoms with Gasteiger partial charge in [0.05, 0.1) is 0 Å². The Labute approximate surface area is 95.5 Å². The van der Waals surface area contributed by atoms with E-state index in [0.29, 0.717) is 0 Å². The third kappa shape index (κ3) is 4.88. The highest BCUT2D eigenvalue weighted by molar-refractivity contribution is 7.98. The van der Waals surface area contributed by atoms with Gasteiger partial charge in [-0.2, -0.15) is 11.8 Å². The topological polar surface area (TPSA) is 29.1 Å². The molecule has 3 heteroatoms. The minimum Gasteiger partial charge on any atom is -0.356 e. The number of rotatable bonds is 5. The lowest BCUT2D eigenvalue weighted by Gasteiger charge is -2.05. The Bertz CT molecular complexity index is 325. The summed E-state index contributed by atoms with van der Waals surface area (Å²) in [6, 6.07) is 8.40. The summed E-state index contributed by atoms with van der Waals surface area (Å²) in [4.78, 5) is 10.6. The van der Waals surface area contributed by atoms with E-state index in [9.17, 15) is 4.79 Å². The third-order valence-electron chi connectivity index (χ3n) is 2.14. The summed E-state index contributed by atoms with van der Waals surface area (Å²) in [5.74, 6) is 2.03. The molecule has 15 heavy (non-hydrogen) atoms. The van der Waals surface area contributed by atoms with Crippen molar-refractivity contribution >= 4 is 17.7 Å². The summed E-state index contributed by atoms with van der Waals surface area (Å²) in [5.41, 5.74) is 2.72. The van der Waals surface area contributed by atoms with Gasteiger partial charge in [-0.1, -0.05) is 24.3 Å². The normalized spacial score (nSPS) is 10.0. The number of hydrogen-bond donors (Lipinski definition) is 1. The van der Waals surface area contributed by atoms with E-state index in [1.54, 1.807) is 6.92 Å². The van der Waals surface area contributed by atoms with E-state index >= 15 is 0 Å². The van der Waals surface area contributed by atoms with Crippen LogP contribution >= 0.6 is 11.8 Å². The molecular formula is C12H17NOS. The Balaban J connectivity index is 2.21. The molecule has 0 radical (unpaired) electrons. The summed E-state index contributed by atoms with van der Waals surface area (Å²) < 4.78 is 0. The molecule has 0 aliphatic heterocycles. The molecule has 1 aromatic rings. The molecule has 0 spiro atoms. The zero-order valence-electron chi connectivity index (χ0n) is 9.25. The Kier molecular flexibility index (Phi) is 5.26. The van der Waals surface area contributed by atoms with Crippen LogP contribution in [0.1, 0.15) is 18.1 Å². The van der Waals surface area contributed by atoms with Crippen LogP contribution in [-0.2, 0) is 10.5 Å². The molecule has 1 rings (SSSR count). The molecule has 2 nitrogen and oxygen atoms in total. The van der Waals surface area contributed by atoms with Gasteiger partial charge in [-0.3, -0.25) is 4.79 Å². The number of benzene rings is 1. The van der Waals surface area contributed by atoms with Crippen molar-refractivity contribution in [2.75, 3.05) is 12.3 Å². The fourth-order valence-corrected chi connectivity index (χ4v) is 2.19. The molecule has 1 N–H and O–H groups in total. The lowest BCUT2D eigenvalue weighted by molar-refractivity contribution is -0.118. The van der Waals surface area contributed by atoms with Crippen LogP contribution in [0.3, 0.4) is 0 Å². The van der Waals surface area contributed by atoms with E-state index in [2.05, 4.69) is 36.5 Å². The second-order valence-electron chi connectivity index (χ2n) is 3.46. The van der Waals surface area contributed by atoms with Gasteiger partial charge in [0.15, 0.2) is 0 Å². The standard InChI is InChI=1S/C12H17NOS/c1-10-5-3-4-6-12(10)9-15-8-7-13-11(2)14/h3-6H,7-9H2,1-2H3,(H,13,14). The number of carbonyl (C=O) groups is 1. The van der Waals surface area contributed by atoms with Crippen molar-refractivity contribution in [1.82, 2.24) is 5.32 Å². The molecule has 1 amide bonds. The summed E-state index contributed by atoms with van der Waals surface area (Å²) in [6.45, 7) is 4.43. The molecule has 0 fully saturated rings.